The Balaban J connectivity index is 1.60. The van der Waals surface area contributed by atoms with Gasteiger partial charge in [-0.15, -0.1) is 0 Å². The minimum Gasteiger partial charge on any atom is -0.493 e. The van der Waals surface area contributed by atoms with Crippen molar-refractivity contribution in [2.75, 3.05) is 60.2 Å². The minimum atomic E-state index is -0.491. The molecule has 0 aromatic heterocycles. The largest absolute Gasteiger partial charge is 0.493 e. The van der Waals surface area contributed by atoms with Crippen molar-refractivity contribution in [1.29, 1.82) is 0 Å². The van der Waals surface area contributed by atoms with Gasteiger partial charge in [0.2, 0.25) is 5.91 Å². The van der Waals surface area contributed by atoms with E-state index in [0.717, 1.165) is 18.7 Å². The zero-order valence-electron chi connectivity index (χ0n) is 22.2. The Kier molecular flexibility index (Phi) is 9.30. The number of nitrogens with zero attached hydrogens (tertiary/aromatic N) is 4. The van der Waals surface area contributed by atoms with Gasteiger partial charge in [-0.1, -0.05) is 31.2 Å². The van der Waals surface area contributed by atoms with Crippen LogP contribution in [0.3, 0.4) is 0 Å². The van der Waals surface area contributed by atoms with Gasteiger partial charge < -0.3 is 19.1 Å². The first-order valence-electron chi connectivity index (χ1n) is 12.9. The van der Waals surface area contributed by atoms with Gasteiger partial charge in [0, 0.05) is 44.6 Å². The smallest absolute Gasteiger partial charge is 0.262 e. The quantitative estimate of drug-likeness (QED) is 0.473. The van der Waals surface area contributed by atoms with Crippen molar-refractivity contribution >= 4 is 17.5 Å². The summed E-state index contributed by atoms with van der Waals surface area (Å²) >= 11 is 0. The Morgan fingerprint density at radius 1 is 1.11 bits per heavy atom. The third-order valence-electron chi connectivity index (χ3n) is 6.91. The monoisotopic (exact) mass is 526 g/mol. The summed E-state index contributed by atoms with van der Waals surface area (Å²) in [5, 5.41) is 5.97. The molecule has 38 heavy (non-hydrogen) atoms. The van der Waals surface area contributed by atoms with Crippen molar-refractivity contribution in [3.05, 3.63) is 59.4 Å². The van der Waals surface area contributed by atoms with Gasteiger partial charge in [0.15, 0.2) is 11.5 Å². The highest BCUT2D eigenvalue weighted by molar-refractivity contribution is 6.03. The third kappa shape index (κ3) is 6.31. The number of rotatable bonds is 10. The summed E-state index contributed by atoms with van der Waals surface area (Å²) in [6.45, 7) is 5.67. The van der Waals surface area contributed by atoms with Crippen LogP contribution in [0.4, 0.5) is 4.39 Å². The first-order valence-corrected chi connectivity index (χ1v) is 12.9. The molecule has 2 amide bonds. The molecule has 2 aromatic carbocycles. The number of halogens is 1. The molecule has 2 aliphatic heterocycles. The highest BCUT2D eigenvalue weighted by Gasteiger charge is 2.35. The van der Waals surface area contributed by atoms with Crippen molar-refractivity contribution in [3.63, 3.8) is 0 Å². The van der Waals surface area contributed by atoms with Crippen molar-refractivity contribution in [2.45, 2.75) is 25.8 Å². The summed E-state index contributed by atoms with van der Waals surface area (Å²) in [5.41, 5.74) is 1.59. The van der Waals surface area contributed by atoms with E-state index >= 15 is 0 Å². The summed E-state index contributed by atoms with van der Waals surface area (Å²) in [5.74, 6) is 0.238. The second-order valence-corrected chi connectivity index (χ2v) is 9.22. The third-order valence-corrected chi connectivity index (χ3v) is 6.91. The predicted molar refractivity (Wildman–Crippen MR) is 141 cm³/mol. The van der Waals surface area contributed by atoms with Crippen molar-refractivity contribution in [3.8, 4) is 11.5 Å². The van der Waals surface area contributed by atoms with E-state index in [2.05, 4.69) is 10.0 Å². The normalized spacial score (nSPS) is 17.7. The van der Waals surface area contributed by atoms with Crippen LogP contribution in [-0.2, 0) is 14.3 Å². The van der Waals surface area contributed by atoms with Crippen LogP contribution in [0.5, 0.6) is 11.5 Å². The molecule has 0 saturated carbocycles. The van der Waals surface area contributed by atoms with Crippen LogP contribution in [0.15, 0.2) is 47.6 Å². The van der Waals surface area contributed by atoms with Crippen LogP contribution < -0.4 is 9.47 Å². The Morgan fingerprint density at radius 3 is 2.53 bits per heavy atom. The summed E-state index contributed by atoms with van der Waals surface area (Å²) in [4.78, 5) is 30.3. The van der Waals surface area contributed by atoms with E-state index < -0.39 is 11.9 Å². The summed E-state index contributed by atoms with van der Waals surface area (Å²) in [6.07, 6.45) is 0.608. The molecule has 204 valence electrons. The lowest BCUT2D eigenvalue weighted by Crippen LogP contribution is -2.46. The second-order valence-electron chi connectivity index (χ2n) is 9.22. The minimum absolute atomic E-state index is 0.105. The summed E-state index contributed by atoms with van der Waals surface area (Å²) < 4.78 is 30.9. The van der Waals surface area contributed by atoms with Crippen molar-refractivity contribution in [2.24, 2.45) is 5.10 Å². The molecule has 10 heteroatoms. The van der Waals surface area contributed by atoms with Crippen LogP contribution in [0, 0.1) is 5.82 Å². The number of hydrogen-bond donors (Lipinski definition) is 0. The highest BCUT2D eigenvalue weighted by atomic mass is 19.1. The number of methoxy groups -OCH3 is 2. The molecule has 1 atom stereocenters. The van der Waals surface area contributed by atoms with Gasteiger partial charge in [-0.05, 0) is 23.8 Å². The van der Waals surface area contributed by atoms with E-state index in [0.29, 0.717) is 61.9 Å². The Bertz CT molecular complexity index is 1170. The maximum absolute atomic E-state index is 14.7. The van der Waals surface area contributed by atoms with Gasteiger partial charge in [-0.25, -0.2) is 9.40 Å². The number of morpholine rings is 1. The first-order chi connectivity index (χ1) is 18.4. The molecular formula is C28H35FN4O5. The number of hydrazone groups is 1. The van der Waals surface area contributed by atoms with Crippen LogP contribution in [0.1, 0.15) is 36.9 Å². The number of carbonyl (C=O) groups excluding carboxylic acids is 2. The molecular weight excluding hydrogens is 491 g/mol. The lowest BCUT2D eigenvalue weighted by atomic mass is 9.97. The fourth-order valence-electron chi connectivity index (χ4n) is 4.76. The molecule has 0 radical (unpaired) electrons. The fraction of sp³-hybridized carbons (Fsp3) is 0.464. The van der Waals surface area contributed by atoms with Crippen LogP contribution in [-0.4, -0.2) is 92.5 Å². The summed E-state index contributed by atoms with van der Waals surface area (Å²) in [6, 6.07) is 11.3. The Labute approximate surface area is 222 Å². The van der Waals surface area contributed by atoms with Gasteiger partial charge in [0.05, 0.1) is 39.2 Å². The average molecular weight is 527 g/mol. The molecule has 1 saturated heterocycles. The maximum atomic E-state index is 14.7. The first kappa shape index (κ1) is 27.5. The number of amides is 2. The Hall–Kier alpha value is -3.50. The van der Waals surface area contributed by atoms with Crippen molar-refractivity contribution in [1.82, 2.24) is 14.8 Å². The molecule has 0 bridgehead atoms. The van der Waals surface area contributed by atoms with Gasteiger partial charge in [-0.2, -0.15) is 5.10 Å². The van der Waals surface area contributed by atoms with E-state index in [9.17, 15) is 14.0 Å². The number of ether oxygens (including phenoxy) is 3. The summed E-state index contributed by atoms with van der Waals surface area (Å²) in [7, 11) is 3.10. The van der Waals surface area contributed by atoms with Crippen LogP contribution >= 0.6 is 0 Å². The number of benzene rings is 2. The molecule has 2 heterocycles. The van der Waals surface area contributed by atoms with Gasteiger partial charge in [-0.3, -0.25) is 14.5 Å². The lowest BCUT2D eigenvalue weighted by Gasteiger charge is -2.31. The Morgan fingerprint density at radius 2 is 1.84 bits per heavy atom. The number of carbonyl (C=O) groups is 2. The molecule has 0 N–H and O–H groups in total. The van der Waals surface area contributed by atoms with E-state index in [1.807, 2.05) is 6.07 Å². The molecule has 9 nitrogen and oxygen atoms in total. The van der Waals surface area contributed by atoms with Gasteiger partial charge in [0.25, 0.3) is 5.91 Å². The molecule has 1 fully saturated rings. The predicted octanol–water partition coefficient (Wildman–Crippen LogP) is 3.09. The maximum Gasteiger partial charge on any atom is 0.262 e. The fourth-order valence-corrected chi connectivity index (χ4v) is 4.76. The van der Waals surface area contributed by atoms with E-state index in [4.69, 9.17) is 14.2 Å². The van der Waals surface area contributed by atoms with Crippen LogP contribution in [0.25, 0.3) is 0 Å². The molecule has 0 spiro atoms. The molecule has 0 aliphatic carbocycles. The molecule has 4 rings (SSSR count). The van der Waals surface area contributed by atoms with Gasteiger partial charge in [0.1, 0.15) is 12.4 Å². The second kappa shape index (κ2) is 12.8. The zero-order chi connectivity index (χ0) is 27.1. The number of hydrogen-bond acceptors (Lipinski definition) is 7. The molecule has 2 aliphatic rings. The van der Waals surface area contributed by atoms with E-state index in [1.54, 1.807) is 56.4 Å². The SMILES string of the molecule is CCC(=O)N(CCN1CCOCC1)CC(=O)N1N=C(c2ccccc2F)CC1c1ccc(OC)c(OC)c1. The molecule has 1 unspecified atom stereocenters. The topological polar surface area (TPSA) is 83.9 Å². The standard InChI is InChI=1S/C28H35FN4O5/c1-4-27(34)32(12-11-31-13-15-38-16-14-31)19-28(35)33-24(20-9-10-25(36-2)26(17-20)37-3)18-23(30-33)21-7-5-6-8-22(21)29/h5-10,17,24H,4,11-16,18-19H2,1-3H3. The zero-order valence-corrected chi connectivity index (χ0v) is 22.2. The average Bonchev–Trinajstić information content (AvgIpc) is 3.40. The lowest BCUT2D eigenvalue weighted by molar-refractivity contribution is -0.141. The van der Waals surface area contributed by atoms with Crippen LogP contribution in [0.2, 0.25) is 0 Å². The van der Waals surface area contributed by atoms with E-state index in [1.165, 1.54) is 11.1 Å². The van der Waals surface area contributed by atoms with E-state index in [-0.39, 0.29) is 18.4 Å². The van der Waals surface area contributed by atoms with Crippen molar-refractivity contribution < 1.29 is 28.2 Å². The van der Waals surface area contributed by atoms with Gasteiger partial charge >= 0.3 is 0 Å². The highest BCUT2D eigenvalue weighted by Crippen LogP contribution is 2.37. The molecule has 2 aromatic rings.